The third kappa shape index (κ3) is 3.46. The maximum atomic E-state index is 13.1. The fraction of sp³-hybridized carbons (Fsp3) is 0.550. The van der Waals surface area contributed by atoms with Gasteiger partial charge in [0.05, 0.1) is 11.4 Å². The topological polar surface area (TPSA) is 65.2 Å². The SMILES string of the molecule is N#CNC(=Nc1ccccc1)SCC(=O)C12CC3CC(CC(C3)C1)C2. The van der Waals surface area contributed by atoms with Gasteiger partial charge in [-0.1, -0.05) is 30.0 Å². The Morgan fingerprint density at radius 1 is 1.16 bits per heavy atom. The van der Waals surface area contributed by atoms with Gasteiger partial charge in [-0.05, 0) is 68.4 Å². The summed E-state index contributed by atoms with van der Waals surface area (Å²) in [6, 6.07) is 9.53. The summed E-state index contributed by atoms with van der Waals surface area (Å²) in [6.45, 7) is 0. The number of ketones is 1. The molecule has 5 heteroatoms. The average molecular weight is 353 g/mol. The summed E-state index contributed by atoms with van der Waals surface area (Å²) in [5, 5.41) is 12.1. The smallest absolute Gasteiger partial charge is 0.183 e. The van der Waals surface area contributed by atoms with Crippen molar-refractivity contribution in [2.24, 2.45) is 28.2 Å². The zero-order valence-electron chi connectivity index (χ0n) is 14.3. The van der Waals surface area contributed by atoms with E-state index in [2.05, 4.69) is 10.3 Å². The molecule has 0 aromatic heterocycles. The lowest BCUT2D eigenvalue weighted by molar-refractivity contribution is -0.140. The molecule has 4 aliphatic carbocycles. The monoisotopic (exact) mass is 353 g/mol. The van der Waals surface area contributed by atoms with Crippen molar-refractivity contribution in [3.63, 3.8) is 0 Å². The Bertz CT molecular complexity index is 687. The molecule has 4 bridgehead atoms. The van der Waals surface area contributed by atoms with Gasteiger partial charge in [0.15, 0.2) is 11.4 Å². The van der Waals surface area contributed by atoms with Crippen LogP contribution in [0.2, 0.25) is 0 Å². The van der Waals surface area contributed by atoms with Crippen molar-refractivity contribution in [1.29, 1.82) is 5.26 Å². The Morgan fingerprint density at radius 3 is 2.32 bits per heavy atom. The molecule has 1 aromatic rings. The average Bonchev–Trinajstić information content (AvgIpc) is 2.59. The predicted molar refractivity (Wildman–Crippen MR) is 100 cm³/mol. The fourth-order valence-corrected chi connectivity index (χ4v) is 6.36. The molecule has 25 heavy (non-hydrogen) atoms. The lowest BCUT2D eigenvalue weighted by atomic mass is 9.48. The number of carbonyl (C=O) groups is 1. The molecule has 0 spiro atoms. The van der Waals surface area contributed by atoms with Crippen molar-refractivity contribution < 1.29 is 4.79 Å². The van der Waals surface area contributed by atoms with E-state index in [-0.39, 0.29) is 5.41 Å². The molecule has 0 saturated heterocycles. The first-order valence-corrected chi connectivity index (χ1v) is 10.1. The molecule has 0 amide bonds. The summed E-state index contributed by atoms with van der Waals surface area (Å²) in [7, 11) is 0. The van der Waals surface area contributed by atoms with Crippen molar-refractivity contribution in [2.75, 3.05) is 5.75 Å². The molecule has 1 aromatic carbocycles. The maximum Gasteiger partial charge on any atom is 0.183 e. The molecular formula is C20H23N3OS. The number of rotatable bonds is 4. The van der Waals surface area contributed by atoms with Gasteiger partial charge in [0.2, 0.25) is 0 Å². The van der Waals surface area contributed by atoms with Crippen molar-refractivity contribution in [3.05, 3.63) is 30.3 Å². The lowest BCUT2D eigenvalue weighted by Gasteiger charge is -2.56. The second-order valence-electron chi connectivity index (χ2n) is 7.90. The highest BCUT2D eigenvalue weighted by Crippen LogP contribution is 2.60. The standard InChI is InChI=1S/C20H23N3OS/c21-13-22-19(23-17-4-2-1-3-5-17)25-12-18(24)20-9-14-6-15(10-20)8-16(7-14)11-20/h1-5,14-16H,6-12H2,(H,22,23). The van der Waals surface area contributed by atoms with E-state index in [9.17, 15) is 4.79 Å². The second-order valence-corrected chi connectivity index (χ2v) is 8.86. The van der Waals surface area contributed by atoms with Crippen molar-refractivity contribution in [2.45, 2.75) is 38.5 Å². The molecule has 0 heterocycles. The van der Waals surface area contributed by atoms with Crippen molar-refractivity contribution in [1.82, 2.24) is 5.32 Å². The van der Waals surface area contributed by atoms with Gasteiger partial charge in [0.25, 0.3) is 0 Å². The molecule has 130 valence electrons. The minimum atomic E-state index is -0.0771. The van der Waals surface area contributed by atoms with Gasteiger partial charge >= 0.3 is 0 Å². The van der Waals surface area contributed by atoms with Gasteiger partial charge in [-0.15, -0.1) is 0 Å². The van der Waals surface area contributed by atoms with E-state index < -0.39 is 0 Å². The van der Waals surface area contributed by atoms with Gasteiger partial charge in [0.1, 0.15) is 5.78 Å². The highest BCUT2D eigenvalue weighted by molar-refractivity contribution is 8.14. The minimum absolute atomic E-state index is 0.0771. The zero-order valence-corrected chi connectivity index (χ0v) is 15.1. The molecular weight excluding hydrogens is 330 g/mol. The third-order valence-corrected chi connectivity index (χ3v) is 6.99. The van der Waals surface area contributed by atoms with Gasteiger partial charge in [-0.25, -0.2) is 4.99 Å². The molecule has 0 atom stereocenters. The van der Waals surface area contributed by atoms with E-state index in [0.717, 1.165) is 42.7 Å². The first-order chi connectivity index (χ1) is 12.2. The largest absolute Gasteiger partial charge is 0.298 e. The molecule has 0 unspecified atom stereocenters. The van der Waals surface area contributed by atoms with Crippen LogP contribution in [0.25, 0.3) is 0 Å². The highest BCUT2D eigenvalue weighted by atomic mass is 32.2. The summed E-state index contributed by atoms with van der Waals surface area (Å²) in [5.74, 6) is 3.10. The van der Waals surface area contributed by atoms with Crippen LogP contribution in [-0.2, 0) is 4.79 Å². The zero-order chi connectivity index (χ0) is 17.3. The van der Waals surface area contributed by atoms with Crippen LogP contribution >= 0.6 is 11.8 Å². The Kier molecular flexibility index (Phi) is 4.56. The maximum absolute atomic E-state index is 13.1. The molecule has 4 nitrogen and oxygen atoms in total. The lowest BCUT2D eigenvalue weighted by Crippen LogP contribution is -2.50. The van der Waals surface area contributed by atoms with Crippen LogP contribution in [-0.4, -0.2) is 16.7 Å². The van der Waals surface area contributed by atoms with Gasteiger partial charge in [0, 0.05) is 5.41 Å². The molecule has 5 rings (SSSR count). The number of hydrogen-bond donors (Lipinski definition) is 1. The van der Waals surface area contributed by atoms with Gasteiger partial charge < -0.3 is 0 Å². The normalized spacial score (nSPS) is 33.1. The number of hydrogen-bond acceptors (Lipinski definition) is 4. The fourth-order valence-electron chi connectivity index (χ4n) is 5.50. The summed E-state index contributed by atoms with van der Waals surface area (Å²) in [6.07, 6.45) is 9.24. The van der Waals surface area contributed by atoms with E-state index in [1.807, 2.05) is 36.5 Å². The van der Waals surface area contributed by atoms with Crippen LogP contribution in [0.15, 0.2) is 35.3 Å². The van der Waals surface area contributed by atoms with Gasteiger partial charge in [-0.3, -0.25) is 10.1 Å². The molecule has 4 saturated carbocycles. The number of nitrogens with zero attached hydrogens (tertiary/aromatic N) is 2. The molecule has 1 N–H and O–H groups in total. The number of Topliss-reactive ketones (excluding diaryl/α,β-unsaturated/α-hetero) is 1. The van der Waals surface area contributed by atoms with E-state index in [1.165, 1.54) is 31.0 Å². The first kappa shape index (κ1) is 16.7. The number of thioether (sulfide) groups is 1. The Hall–Kier alpha value is -1.80. The van der Waals surface area contributed by atoms with Crippen LogP contribution in [0.1, 0.15) is 38.5 Å². The van der Waals surface area contributed by atoms with Crippen LogP contribution in [0.3, 0.4) is 0 Å². The van der Waals surface area contributed by atoms with Crippen molar-refractivity contribution >= 4 is 28.4 Å². The Labute approximate surface area is 153 Å². The summed E-state index contributed by atoms with van der Waals surface area (Å²) >= 11 is 1.36. The number of aliphatic imine (C=N–C) groups is 1. The van der Waals surface area contributed by atoms with Crippen LogP contribution in [0.4, 0.5) is 5.69 Å². The molecule has 0 aliphatic heterocycles. The number of para-hydroxylation sites is 1. The van der Waals surface area contributed by atoms with Crippen LogP contribution in [0.5, 0.6) is 0 Å². The first-order valence-electron chi connectivity index (χ1n) is 9.12. The molecule has 4 aliphatic rings. The number of nitrogens with one attached hydrogen (secondary N) is 1. The van der Waals surface area contributed by atoms with Gasteiger partial charge in [-0.2, -0.15) is 5.26 Å². The quantitative estimate of drug-likeness (QED) is 0.380. The summed E-state index contributed by atoms with van der Waals surface area (Å²) in [4.78, 5) is 17.5. The van der Waals surface area contributed by atoms with E-state index in [0.29, 0.717) is 16.7 Å². The molecule has 0 radical (unpaired) electrons. The highest BCUT2D eigenvalue weighted by Gasteiger charge is 2.54. The van der Waals surface area contributed by atoms with Crippen LogP contribution < -0.4 is 5.32 Å². The third-order valence-electron chi connectivity index (χ3n) is 6.12. The van der Waals surface area contributed by atoms with Crippen molar-refractivity contribution in [3.8, 4) is 6.19 Å². The van der Waals surface area contributed by atoms with E-state index in [4.69, 9.17) is 5.26 Å². The summed E-state index contributed by atoms with van der Waals surface area (Å²) < 4.78 is 0. The molecule has 4 fully saturated rings. The van der Waals surface area contributed by atoms with Crippen LogP contribution in [0, 0.1) is 34.6 Å². The Balaban J connectivity index is 1.44. The van der Waals surface area contributed by atoms with E-state index in [1.54, 1.807) is 0 Å². The summed E-state index contributed by atoms with van der Waals surface area (Å²) in [5.41, 5.74) is 0.710. The number of benzene rings is 1. The minimum Gasteiger partial charge on any atom is -0.298 e. The number of carbonyl (C=O) groups excluding carboxylic acids is 1. The van der Waals surface area contributed by atoms with E-state index >= 15 is 0 Å². The number of amidine groups is 1. The predicted octanol–water partition coefficient (Wildman–Crippen LogP) is 4.26. The number of nitriles is 1. The second kappa shape index (κ2) is 6.84. The Morgan fingerprint density at radius 2 is 1.76 bits per heavy atom.